The van der Waals surface area contributed by atoms with Gasteiger partial charge in [0.1, 0.15) is 11.5 Å². The molecule has 0 unspecified atom stereocenters. The van der Waals surface area contributed by atoms with Crippen molar-refractivity contribution >= 4 is 34.5 Å². The van der Waals surface area contributed by atoms with E-state index >= 15 is 0 Å². The number of ether oxygens (including phenoxy) is 2. The zero-order valence-corrected chi connectivity index (χ0v) is 16.1. The zero-order valence-electron chi connectivity index (χ0n) is 16.1. The second-order valence-corrected chi connectivity index (χ2v) is 6.01. The molecular weight excluding hydrogens is 370 g/mol. The van der Waals surface area contributed by atoms with Crippen LogP contribution in [0.15, 0.2) is 65.8 Å². The molecule has 0 spiro atoms. The first-order valence-electron chi connectivity index (χ1n) is 9.05. The van der Waals surface area contributed by atoms with Crippen molar-refractivity contribution in [3.05, 3.63) is 66.2 Å². The van der Waals surface area contributed by atoms with Crippen LogP contribution in [0.5, 0.6) is 11.5 Å². The van der Waals surface area contributed by atoms with Crippen molar-refractivity contribution in [3.8, 4) is 11.5 Å². The van der Waals surface area contributed by atoms with Crippen LogP contribution in [0, 0.1) is 0 Å². The van der Waals surface area contributed by atoms with Gasteiger partial charge in [-0.05, 0) is 48.0 Å². The molecule has 0 saturated carbocycles. The maximum atomic E-state index is 12.0. The second-order valence-electron chi connectivity index (χ2n) is 6.01. The summed E-state index contributed by atoms with van der Waals surface area (Å²) in [5, 5.41) is 8.38. The summed E-state index contributed by atoms with van der Waals surface area (Å²) in [5.41, 5.74) is 3.44. The summed E-state index contributed by atoms with van der Waals surface area (Å²) in [7, 11) is 1.55. The molecule has 3 rings (SSSR count). The van der Waals surface area contributed by atoms with Gasteiger partial charge in [0, 0.05) is 11.3 Å². The quantitative estimate of drug-likeness (QED) is 0.383. The van der Waals surface area contributed by atoms with E-state index in [2.05, 4.69) is 15.8 Å². The smallest absolute Gasteiger partial charge is 0.329 e. The molecule has 0 atom stereocenters. The Labute approximate surface area is 168 Å². The minimum absolute atomic E-state index is 0.475. The van der Waals surface area contributed by atoms with Gasteiger partial charge in [0.05, 0.1) is 19.9 Å². The van der Waals surface area contributed by atoms with Gasteiger partial charge in [-0.3, -0.25) is 9.59 Å². The first-order chi connectivity index (χ1) is 14.1. The third-order valence-electron chi connectivity index (χ3n) is 4.14. The van der Waals surface area contributed by atoms with Gasteiger partial charge < -0.3 is 14.8 Å². The first kappa shape index (κ1) is 19.9. The summed E-state index contributed by atoms with van der Waals surface area (Å²) in [5.74, 6) is -0.408. The van der Waals surface area contributed by atoms with Gasteiger partial charge in [0.15, 0.2) is 0 Å². The molecule has 7 heteroatoms. The summed E-state index contributed by atoms with van der Waals surface area (Å²) in [6.45, 7) is 2.39. The Morgan fingerprint density at radius 1 is 1.00 bits per heavy atom. The number of carbonyl (C=O) groups excluding carboxylic acids is 2. The van der Waals surface area contributed by atoms with E-state index in [1.807, 2.05) is 43.3 Å². The lowest BCUT2D eigenvalue weighted by atomic mass is 10.0. The number of benzene rings is 3. The van der Waals surface area contributed by atoms with Crippen molar-refractivity contribution in [2.75, 3.05) is 19.0 Å². The van der Waals surface area contributed by atoms with Gasteiger partial charge in [0.2, 0.25) is 0 Å². The van der Waals surface area contributed by atoms with Crippen molar-refractivity contribution < 1.29 is 19.1 Å². The molecule has 3 aromatic rings. The molecule has 0 aliphatic heterocycles. The highest BCUT2D eigenvalue weighted by molar-refractivity contribution is 6.39. The number of nitrogens with zero attached hydrogens (tertiary/aromatic N) is 1. The van der Waals surface area contributed by atoms with Crippen LogP contribution in [-0.4, -0.2) is 31.7 Å². The van der Waals surface area contributed by atoms with E-state index in [-0.39, 0.29) is 0 Å². The Bertz CT molecular complexity index is 1050. The summed E-state index contributed by atoms with van der Waals surface area (Å²) >= 11 is 0. The van der Waals surface area contributed by atoms with Crippen LogP contribution in [0.1, 0.15) is 12.5 Å². The zero-order chi connectivity index (χ0) is 20.6. The van der Waals surface area contributed by atoms with Gasteiger partial charge >= 0.3 is 11.8 Å². The number of methoxy groups -OCH3 is 1. The molecule has 0 aliphatic carbocycles. The monoisotopic (exact) mass is 391 g/mol. The molecule has 0 fully saturated rings. The van der Waals surface area contributed by atoms with Gasteiger partial charge in [-0.25, -0.2) is 5.43 Å². The van der Waals surface area contributed by atoms with Crippen LogP contribution < -0.4 is 20.2 Å². The summed E-state index contributed by atoms with van der Waals surface area (Å²) in [6.07, 6.45) is 1.48. The lowest BCUT2D eigenvalue weighted by Gasteiger charge is -2.10. The van der Waals surface area contributed by atoms with Crippen LogP contribution in [0.25, 0.3) is 10.8 Å². The molecule has 0 aromatic heterocycles. The first-order valence-corrected chi connectivity index (χ1v) is 9.05. The van der Waals surface area contributed by atoms with Crippen LogP contribution in [0.2, 0.25) is 0 Å². The Morgan fingerprint density at radius 3 is 2.48 bits per heavy atom. The van der Waals surface area contributed by atoms with E-state index in [1.54, 1.807) is 31.4 Å². The summed E-state index contributed by atoms with van der Waals surface area (Å²) in [6, 6.07) is 18.2. The highest BCUT2D eigenvalue weighted by Gasteiger charge is 2.13. The summed E-state index contributed by atoms with van der Waals surface area (Å²) < 4.78 is 10.7. The van der Waals surface area contributed by atoms with Gasteiger partial charge in [-0.1, -0.05) is 30.3 Å². The number of rotatable bonds is 6. The SMILES string of the molecule is CCOc1ccc2ccccc2c1/C=N\NC(=O)C(=O)Nc1ccc(OC)cc1. The maximum absolute atomic E-state index is 12.0. The van der Waals surface area contributed by atoms with E-state index in [4.69, 9.17) is 9.47 Å². The van der Waals surface area contributed by atoms with Crippen LogP contribution in [-0.2, 0) is 9.59 Å². The number of anilines is 1. The molecule has 0 saturated heterocycles. The molecule has 3 aromatic carbocycles. The topological polar surface area (TPSA) is 89.0 Å². The molecule has 0 bridgehead atoms. The average molecular weight is 391 g/mol. The molecule has 0 aliphatic rings. The lowest BCUT2D eigenvalue weighted by molar-refractivity contribution is -0.136. The minimum atomic E-state index is -0.879. The highest BCUT2D eigenvalue weighted by Crippen LogP contribution is 2.26. The number of hydrazone groups is 1. The Kier molecular flexibility index (Phi) is 6.42. The normalized spacial score (nSPS) is 10.7. The number of hydrogen-bond acceptors (Lipinski definition) is 5. The van der Waals surface area contributed by atoms with Gasteiger partial charge in [0.25, 0.3) is 0 Å². The molecule has 148 valence electrons. The average Bonchev–Trinajstić information content (AvgIpc) is 2.75. The van der Waals surface area contributed by atoms with E-state index in [9.17, 15) is 9.59 Å². The fourth-order valence-electron chi connectivity index (χ4n) is 2.76. The minimum Gasteiger partial charge on any atom is -0.497 e. The number of amides is 2. The maximum Gasteiger partial charge on any atom is 0.329 e. The number of nitrogens with one attached hydrogen (secondary N) is 2. The predicted octanol–water partition coefficient (Wildman–Crippen LogP) is 3.34. The van der Waals surface area contributed by atoms with E-state index < -0.39 is 11.8 Å². The van der Waals surface area contributed by atoms with Crippen molar-refractivity contribution in [2.24, 2.45) is 5.10 Å². The highest BCUT2D eigenvalue weighted by atomic mass is 16.5. The Balaban J connectivity index is 1.70. The largest absolute Gasteiger partial charge is 0.497 e. The fraction of sp³-hybridized carbons (Fsp3) is 0.136. The summed E-state index contributed by atoms with van der Waals surface area (Å²) in [4.78, 5) is 24.1. The molecule has 0 radical (unpaired) electrons. The van der Waals surface area contributed by atoms with Crippen molar-refractivity contribution in [3.63, 3.8) is 0 Å². The van der Waals surface area contributed by atoms with Crippen molar-refractivity contribution in [1.29, 1.82) is 0 Å². The molecular formula is C22H21N3O4. The Hall–Kier alpha value is -3.87. The second kappa shape index (κ2) is 9.36. The van der Waals surface area contributed by atoms with Gasteiger partial charge in [-0.15, -0.1) is 0 Å². The molecule has 29 heavy (non-hydrogen) atoms. The van der Waals surface area contributed by atoms with E-state index in [1.165, 1.54) is 6.21 Å². The van der Waals surface area contributed by atoms with Gasteiger partial charge in [-0.2, -0.15) is 5.10 Å². The van der Waals surface area contributed by atoms with Crippen molar-refractivity contribution in [1.82, 2.24) is 5.43 Å². The van der Waals surface area contributed by atoms with Crippen LogP contribution in [0.4, 0.5) is 5.69 Å². The van der Waals surface area contributed by atoms with Crippen molar-refractivity contribution in [2.45, 2.75) is 6.92 Å². The molecule has 7 nitrogen and oxygen atoms in total. The molecule has 0 heterocycles. The molecule has 2 amide bonds. The fourth-order valence-corrected chi connectivity index (χ4v) is 2.76. The van der Waals surface area contributed by atoms with Crippen LogP contribution >= 0.6 is 0 Å². The number of fused-ring (bicyclic) bond motifs is 1. The molecule has 2 N–H and O–H groups in total. The standard InChI is InChI=1S/C22H21N3O4/c1-3-29-20-13-8-15-6-4-5-7-18(15)19(20)14-23-25-22(27)21(26)24-16-9-11-17(28-2)12-10-16/h4-14H,3H2,1-2H3,(H,24,26)(H,25,27)/b23-14-. The third kappa shape index (κ3) is 4.90. The van der Waals surface area contributed by atoms with Crippen LogP contribution in [0.3, 0.4) is 0 Å². The number of hydrogen-bond donors (Lipinski definition) is 2. The van der Waals surface area contributed by atoms with E-state index in [0.29, 0.717) is 23.8 Å². The Morgan fingerprint density at radius 2 is 1.76 bits per heavy atom. The predicted molar refractivity (Wildman–Crippen MR) is 112 cm³/mol. The lowest BCUT2D eigenvalue weighted by Crippen LogP contribution is -2.32. The number of carbonyl (C=O) groups is 2. The van der Waals surface area contributed by atoms with E-state index in [0.717, 1.165) is 16.3 Å². The third-order valence-corrected chi connectivity index (χ3v) is 4.14.